The fourth-order valence-corrected chi connectivity index (χ4v) is 3.49. The van der Waals surface area contributed by atoms with Crippen LogP contribution in [0.2, 0.25) is 5.02 Å². The number of anilines is 1. The summed E-state index contributed by atoms with van der Waals surface area (Å²) in [6.07, 6.45) is 5.74. The summed E-state index contributed by atoms with van der Waals surface area (Å²) in [7, 11) is 0. The molecule has 0 amide bonds. The molecular weight excluding hydrogens is 353 g/mol. The zero-order valence-corrected chi connectivity index (χ0v) is 15.1. The van der Waals surface area contributed by atoms with E-state index in [0.717, 1.165) is 44.6 Å². The number of benzene rings is 1. The highest BCUT2D eigenvalue weighted by atomic mass is 35.5. The molecule has 1 aromatic carbocycles. The van der Waals surface area contributed by atoms with Gasteiger partial charge in [-0.05, 0) is 62.0 Å². The standard InChI is InChI=1S/C16H25ClFN3O2S/c17-13-9-16(24(22)23)14(18)10-15(13)21-8-4-3-6-19-11-12-5-1-2-7-20-12/h9-10,12,19-21H,1-8,11H2,(H,22,23)/p-1/t12-/m1/s1. The van der Waals surface area contributed by atoms with Gasteiger partial charge in [-0.3, -0.25) is 4.21 Å². The monoisotopic (exact) mass is 376 g/mol. The number of halogens is 2. The lowest BCUT2D eigenvalue weighted by atomic mass is 10.1. The summed E-state index contributed by atoms with van der Waals surface area (Å²) in [5, 5.41) is 10.2. The zero-order valence-electron chi connectivity index (χ0n) is 13.6. The van der Waals surface area contributed by atoms with Gasteiger partial charge in [0.15, 0.2) is 0 Å². The second-order valence-electron chi connectivity index (χ2n) is 5.98. The summed E-state index contributed by atoms with van der Waals surface area (Å²) in [5.74, 6) is -0.795. The van der Waals surface area contributed by atoms with E-state index >= 15 is 0 Å². The van der Waals surface area contributed by atoms with Crippen molar-refractivity contribution in [3.05, 3.63) is 23.0 Å². The number of hydrogen-bond acceptors (Lipinski definition) is 5. The Morgan fingerprint density at radius 2 is 2.12 bits per heavy atom. The van der Waals surface area contributed by atoms with Crippen molar-refractivity contribution < 1.29 is 13.2 Å². The summed E-state index contributed by atoms with van der Waals surface area (Å²) >= 11 is 3.35. The van der Waals surface area contributed by atoms with Crippen LogP contribution in [0.4, 0.5) is 10.1 Å². The average molecular weight is 377 g/mol. The lowest BCUT2D eigenvalue weighted by molar-refractivity contribution is 0.383. The van der Waals surface area contributed by atoms with Gasteiger partial charge in [0.25, 0.3) is 0 Å². The number of nitrogens with one attached hydrogen (secondary N) is 3. The lowest BCUT2D eigenvalue weighted by Gasteiger charge is -2.23. The molecule has 0 saturated carbocycles. The van der Waals surface area contributed by atoms with Gasteiger partial charge in [-0.25, -0.2) is 4.39 Å². The molecular formula is C16H24ClFN3O2S-. The Balaban J connectivity index is 1.62. The van der Waals surface area contributed by atoms with E-state index in [-0.39, 0.29) is 5.02 Å². The van der Waals surface area contributed by atoms with Gasteiger partial charge in [0.1, 0.15) is 5.82 Å². The van der Waals surface area contributed by atoms with Gasteiger partial charge in [-0.2, -0.15) is 0 Å². The predicted molar refractivity (Wildman–Crippen MR) is 94.8 cm³/mol. The minimum atomic E-state index is -2.62. The van der Waals surface area contributed by atoms with Crippen molar-refractivity contribution in [3.63, 3.8) is 0 Å². The minimum absolute atomic E-state index is 0.206. The SMILES string of the molecule is O=S([O-])c1cc(Cl)c(NCCCCNC[C@H]2CCCCN2)cc1F. The Kier molecular flexibility index (Phi) is 8.41. The van der Waals surface area contributed by atoms with E-state index in [1.165, 1.54) is 19.3 Å². The number of unbranched alkanes of at least 4 members (excludes halogenated alkanes) is 1. The molecule has 1 saturated heterocycles. The first-order valence-corrected chi connectivity index (χ1v) is 9.79. The third-order valence-electron chi connectivity index (χ3n) is 4.10. The average Bonchev–Trinajstić information content (AvgIpc) is 2.57. The summed E-state index contributed by atoms with van der Waals surface area (Å²) in [5.41, 5.74) is 0.419. The third kappa shape index (κ3) is 6.29. The highest BCUT2D eigenvalue weighted by Gasteiger charge is 2.11. The zero-order chi connectivity index (χ0) is 17.4. The molecule has 8 heteroatoms. The van der Waals surface area contributed by atoms with Crippen molar-refractivity contribution in [3.8, 4) is 0 Å². The first-order chi connectivity index (χ1) is 11.6. The highest BCUT2D eigenvalue weighted by Crippen LogP contribution is 2.27. The Hall–Kier alpha value is -0.730. The van der Waals surface area contributed by atoms with Crippen molar-refractivity contribution in [2.75, 3.05) is 31.5 Å². The van der Waals surface area contributed by atoms with E-state index in [2.05, 4.69) is 16.0 Å². The quantitative estimate of drug-likeness (QED) is 0.456. The van der Waals surface area contributed by atoms with Crippen LogP contribution >= 0.6 is 11.6 Å². The number of hydrogen-bond donors (Lipinski definition) is 3. The van der Waals surface area contributed by atoms with Crippen LogP contribution in [-0.2, 0) is 11.1 Å². The van der Waals surface area contributed by atoms with Crippen LogP contribution in [0.5, 0.6) is 0 Å². The maximum absolute atomic E-state index is 13.6. The molecule has 5 nitrogen and oxygen atoms in total. The van der Waals surface area contributed by atoms with Crippen molar-refractivity contribution >= 4 is 28.4 Å². The molecule has 0 aliphatic carbocycles. The molecule has 0 radical (unpaired) electrons. The predicted octanol–water partition coefficient (Wildman–Crippen LogP) is 2.64. The molecule has 1 aliphatic rings. The first-order valence-electron chi connectivity index (χ1n) is 8.34. The third-order valence-corrected chi connectivity index (χ3v) is 5.08. The molecule has 0 spiro atoms. The fraction of sp³-hybridized carbons (Fsp3) is 0.625. The normalized spacial score (nSPS) is 19.2. The van der Waals surface area contributed by atoms with Crippen molar-refractivity contribution in [1.82, 2.24) is 10.6 Å². The van der Waals surface area contributed by atoms with E-state index in [1.54, 1.807) is 0 Å². The van der Waals surface area contributed by atoms with Gasteiger partial charge >= 0.3 is 0 Å². The van der Waals surface area contributed by atoms with Gasteiger partial charge in [-0.1, -0.05) is 18.0 Å². The second-order valence-corrected chi connectivity index (χ2v) is 7.30. The smallest absolute Gasteiger partial charge is 0.140 e. The molecule has 2 atom stereocenters. The highest BCUT2D eigenvalue weighted by molar-refractivity contribution is 7.79. The molecule has 1 unspecified atom stereocenters. The Morgan fingerprint density at radius 1 is 1.33 bits per heavy atom. The van der Waals surface area contributed by atoms with Crippen LogP contribution in [0.25, 0.3) is 0 Å². The van der Waals surface area contributed by atoms with E-state index in [4.69, 9.17) is 11.6 Å². The molecule has 0 bridgehead atoms. The Bertz CT molecular complexity index is 556. The molecule has 1 aliphatic heterocycles. The Morgan fingerprint density at radius 3 is 2.83 bits per heavy atom. The topological polar surface area (TPSA) is 76.2 Å². The minimum Gasteiger partial charge on any atom is -0.768 e. The lowest BCUT2D eigenvalue weighted by Crippen LogP contribution is -2.41. The first kappa shape index (κ1) is 19.6. The number of rotatable bonds is 9. The maximum atomic E-state index is 13.6. The van der Waals surface area contributed by atoms with Crippen LogP contribution in [-0.4, -0.2) is 41.0 Å². The van der Waals surface area contributed by atoms with Crippen molar-refractivity contribution in [1.29, 1.82) is 0 Å². The summed E-state index contributed by atoms with van der Waals surface area (Å²) < 4.78 is 35.3. The van der Waals surface area contributed by atoms with Crippen LogP contribution < -0.4 is 16.0 Å². The molecule has 2 rings (SSSR count). The summed E-state index contributed by atoms with van der Waals surface area (Å²) in [6, 6.07) is 2.84. The van der Waals surface area contributed by atoms with Crippen LogP contribution in [0.3, 0.4) is 0 Å². The van der Waals surface area contributed by atoms with Gasteiger partial charge < -0.3 is 20.5 Å². The van der Waals surface area contributed by atoms with Gasteiger partial charge in [0.05, 0.1) is 15.6 Å². The molecule has 24 heavy (non-hydrogen) atoms. The van der Waals surface area contributed by atoms with E-state index in [1.807, 2.05) is 0 Å². The van der Waals surface area contributed by atoms with Crippen molar-refractivity contribution in [2.45, 2.75) is 43.0 Å². The fourth-order valence-electron chi connectivity index (χ4n) is 2.76. The Labute approximate surface area is 150 Å². The molecule has 1 heterocycles. The van der Waals surface area contributed by atoms with Crippen molar-refractivity contribution in [2.24, 2.45) is 0 Å². The molecule has 1 aromatic rings. The van der Waals surface area contributed by atoms with E-state index < -0.39 is 21.8 Å². The molecule has 1 fully saturated rings. The summed E-state index contributed by atoms with van der Waals surface area (Å²) in [4.78, 5) is -0.411. The summed E-state index contributed by atoms with van der Waals surface area (Å²) in [6.45, 7) is 3.71. The maximum Gasteiger partial charge on any atom is 0.140 e. The van der Waals surface area contributed by atoms with Gasteiger partial charge in [0.2, 0.25) is 0 Å². The van der Waals surface area contributed by atoms with Crippen LogP contribution in [0.15, 0.2) is 17.0 Å². The number of piperidine rings is 1. The largest absolute Gasteiger partial charge is 0.768 e. The molecule has 0 aromatic heterocycles. The molecule has 3 N–H and O–H groups in total. The van der Waals surface area contributed by atoms with Gasteiger partial charge in [-0.15, -0.1) is 0 Å². The molecule has 136 valence electrons. The second kappa shape index (κ2) is 10.3. The van der Waals surface area contributed by atoms with Gasteiger partial charge in [0, 0.05) is 19.1 Å². The van der Waals surface area contributed by atoms with Crippen LogP contribution in [0, 0.1) is 5.82 Å². The van der Waals surface area contributed by atoms with E-state index in [9.17, 15) is 13.2 Å². The van der Waals surface area contributed by atoms with E-state index in [0.29, 0.717) is 18.3 Å². The van der Waals surface area contributed by atoms with Crippen LogP contribution in [0.1, 0.15) is 32.1 Å².